The predicted molar refractivity (Wildman–Crippen MR) is 97.1 cm³/mol. The molecule has 0 aromatic heterocycles. The van der Waals surface area contributed by atoms with E-state index in [1.54, 1.807) is 0 Å². The molecule has 0 aliphatic carbocycles. The summed E-state index contributed by atoms with van der Waals surface area (Å²) in [5.74, 6) is -3.39. The predicted octanol–water partition coefficient (Wildman–Crippen LogP) is 4.15. The maximum Gasteiger partial charge on any atom is 0.341 e. The minimum Gasteiger partial charge on any atom is -0.452 e. The van der Waals surface area contributed by atoms with Crippen LogP contribution in [0.3, 0.4) is 0 Å². The van der Waals surface area contributed by atoms with Gasteiger partial charge in [-0.3, -0.25) is 4.79 Å². The van der Waals surface area contributed by atoms with E-state index in [4.69, 9.17) is 4.74 Å². The fourth-order valence-electron chi connectivity index (χ4n) is 2.71. The first-order valence-corrected chi connectivity index (χ1v) is 8.34. The van der Waals surface area contributed by atoms with Crippen LogP contribution in [0.15, 0.2) is 60.7 Å². The molecule has 0 heterocycles. The van der Waals surface area contributed by atoms with E-state index in [2.05, 4.69) is 5.32 Å². The lowest BCUT2D eigenvalue weighted by Crippen LogP contribution is -2.31. The molecule has 3 aromatic carbocycles. The Labute approximate surface area is 154 Å². The topological polar surface area (TPSA) is 55.4 Å². The van der Waals surface area contributed by atoms with E-state index in [0.717, 1.165) is 28.5 Å². The van der Waals surface area contributed by atoms with Gasteiger partial charge in [-0.15, -0.1) is 0 Å². The zero-order chi connectivity index (χ0) is 19.4. The van der Waals surface area contributed by atoms with E-state index < -0.39 is 35.7 Å². The van der Waals surface area contributed by atoms with Crippen molar-refractivity contribution in [2.24, 2.45) is 0 Å². The number of fused-ring (bicyclic) bond motifs is 1. The zero-order valence-corrected chi connectivity index (χ0v) is 14.5. The van der Waals surface area contributed by atoms with Gasteiger partial charge in [0, 0.05) is 6.07 Å². The van der Waals surface area contributed by atoms with Gasteiger partial charge in [0.2, 0.25) is 0 Å². The van der Waals surface area contributed by atoms with Crippen LogP contribution in [0.25, 0.3) is 10.8 Å². The molecular weight excluding hydrogens is 352 g/mol. The molecule has 3 rings (SSSR count). The van der Waals surface area contributed by atoms with E-state index in [1.165, 1.54) is 0 Å². The van der Waals surface area contributed by atoms with Crippen LogP contribution in [-0.4, -0.2) is 18.5 Å². The highest BCUT2D eigenvalue weighted by atomic mass is 19.1. The molecule has 1 unspecified atom stereocenters. The molecule has 0 saturated carbocycles. The molecule has 1 amide bonds. The second-order valence-corrected chi connectivity index (χ2v) is 6.10. The van der Waals surface area contributed by atoms with Crippen LogP contribution < -0.4 is 5.32 Å². The van der Waals surface area contributed by atoms with Crippen LogP contribution in [0.2, 0.25) is 0 Å². The highest BCUT2D eigenvalue weighted by Crippen LogP contribution is 2.20. The van der Waals surface area contributed by atoms with Gasteiger partial charge in [-0.1, -0.05) is 36.4 Å². The number of carbonyl (C=O) groups excluding carboxylic acids is 2. The summed E-state index contributed by atoms with van der Waals surface area (Å²) in [6.07, 6.45) is 0. The Bertz CT molecular complexity index is 1000. The van der Waals surface area contributed by atoms with Crippen LogP contribution in [0.4, 0.5) is 8.78 Å². The monoisotopic (exact) mass is 369 g/mol. The second-order valence-electron chi connectivity index (χ2n) is 6.10. The molecule has 1 atom stereocenters. The average Bonchev–Trinajstić information content (AvgIpc) is 2.65. The van der Waals surface area contributed by atoms with Crippen molar-refractivity contribution in [3.05, 3.63) is 83.4 Å². The molecule has 27 heavy (non-hydrogen) atoms. The third-order valence-electron chi connectivity index (χ3n) is 4.14. The third kappa shape index (κ3) is 4.47. The van der Waals surface area contributed by atoms with Gasteiger partial charge in [0.05, 0.1) is 11.6 Å². The van der Waals surface area contributed by atoms with Gasteiger partial charge in [-0.2, -0.15) is 0 Å². The summed E-state index contributed by atoms with van der Waals surface area (Å²) < 4.78 is 31.2. The van der Waals surface area contributed by atoms with Crippen molar-refractivity contribution >= 4 is 22.6 Å². The first-order chi connectivity index (χ1) is 12.9. The van der Waals surface area contributed by atoms with E-state index >= 15 is 0 Å². The smallest absolute Gasteiger partial charge is 0.341 e. The highest BCUT2D eigenvalue weighted by molar-refractivity contribution is 5.91. The molecule has 0 fully saturated rings. The lowest BCUT2D eigenvalue weighted by Gasteiger charge is -2.15. The van der Waals surface area contributed by atoms with E-state index in [-0.39, 0.29) is 6.04 Å². The van der Waals surface area contributed by atoms with Crippen LogP contribution in [-0.2, 0) is 9.53 Å². The molecule has 0 aliphatic heterocycles. The number of ether oxygens (including phenoxy) is 1. The minimum absolute atomic E-state index is 0.302. The molecule has 1 N–H and O–H groups in total. The van der Waals surface area contributed by atoms with Gasteiger partial charge in [-0.05, 0) is 41.5 Å². The first kappa shape index (κ1) is 18.5. The second kappa shape index (κ2) is 7.95. The van der Waals surface area contributed by atoms with Crippen molar-refractivity contribution in [1.82, 2.24) is 5.32 Å². The molecular formula is C21H17F2NO3. The number of halogens is 2. The van der Waals surface area contributed by atoms with E-state index in [1.807, 2.05) is 49.4 Å². The number of carbonyl (C=O) groups is 2. The van der Waals surface area contributed by atoms with Crippen molar-refractivity contribution in [3.8, 4) is 0 Å². The summed E-state index contributed by atoms with van der Waals surface area (Å²) in [5, 5.41) is 4.86. The number of hydrogen-bond acceptors (Lipinski definition) is 3. The Morgan fingerprint density at radius 2 is 1.74 bits per heavy atom. The Balaban J connectivity index is 1.58. The summed E-state index contributed by atoms with van der Waals surface area (Å²) in [7, 11) is 0. The number of hydrogen-bond donors (Lipinski definition) is 1. The summed E-state index contributed by atoms with van der Waals surface area (Å²) in [5.41, 5.74) is 0.477. The SMILES string of the molecule is CC(NC(=O)COC(=O)c1ccc(F)cc1F)c1ccc2ccccc2c1. The summed E-state index contributed by atoms with van der Waals surface area (Å²) in [6, 6.07) is 15.9. The molecule has 0 aliphatic rings. The molecule has 0 bridgehead atoms. The van der Waals surface area contributed by atoms with Crippen LogP contribution >= 0.6 is 0 Å². The van der Waals surface area contributed by atoms with Gasteiger partial charge >= 0.3 is 5.97 Å². The molecule has 4 nitrogen and oxygen atoms in total. The lowest BCUT2D eigenvalue weighted by molar-refractivity contribution is -0.124. The maximum absolute atomic E-state index is 13.5. The van der Waals surface area contributed by atoms with Crippen molar-refractivity contribution < 1.29 is 23.1 Å². The van der Waals surface area contributed by atoms with E-state index in [9.17, 15) is 18.4 Å². The Hall–Kier alpha value is -3.28. The summed E-state index contributed by atoms with van der Waals surface area (Å²) in [6.45, 7) is 1.25. The number of nitrogens with one attached hydrogen (secondary N) is 1. The number of esters is 1. The molecule has 0 saturated heterocycles. The Morgan fingerprint density at radius 3 is 2.48 bits per heavy atom. The van der Waals surface area contributed by atoms with Gasteiger partial charge < -0.3 is 10.1 Å². The van der Waals surface area contributed by atoms with Crippen LogP contribution in [0, 0.1) is 11.6 Å². The van der Waals surface area contributed by atoms with Crippen molar-refractivity contribution in [2.45, 2.75) is 13.0 Å². The standard InChI is InChI=1S/C21H17F2NO3/c1-13(15-7-6-14-4-2-3-5-16(14)10-15)24-20(25)12-27-21(26)18-9-8-17(22)11-19(18)23/h2-11,13H,12H2,1H3,(H,24,25). The summed E-state index contributed by atoms with van der Waals surface area (Å²) >= 11 is 0. The van der Waals surface area contributed by atoms with Crippen LogP contribution in [0.5, 0.6) is 0 Å². The Kier molecular flexibility index (Phi) is 5.45. The van der Waals surface area contributed by atoms with Gasteiger partial charge in [0.1, 0.15) is 11.6 Å². The van der Waals surface area contributed by atoms with E-state index in [0.29, 0.717) is 6.07 Å². The van der Waals surface area contributed by atoms with Crippen molar-refractivity contribution in [1.29, 1.82) is 0 Å². The third-order valence-corrected chi connectivity index (χ3v) is 4.14. The minimum atomic E-state index is -1.04. The maximum atomic E-state index is 13.5. The quantitative estimate of drug-likeness (QED) is 0.688. The van der Waals surface area contributed by atoms with Gasteiger partial charge in [0.25, 0.3) is 5.91 Å². The fourth-order valence-corrected chi connectivity index (χ4v) is 2.71. The van der Waals surface area contributed by atoms with Crippen molar-refractivity contribution in [3.63, 3.8) is 0 Å². The lowest BCUT2D eigenvalue weighted by atomic mass is 10.0. The molecule has 0 radical (unpaired) electrons. The number of benzene rings is 3. The zero-order valence-electron chi connectivity index (χ0n) is 14.5. The molecule has 0 spiro atoms. The average molecular weight is 369 g/mol. The largest absolute Gasteiger partial charge is 0.452 e. The van der Waals surface area contributed by atoms with Gasteiger partial charge in [-0.25, -0.2) is 13.6 Å². The van der Waals surface area contributed by atoms with Crippen LogP contribution in [0.1, 0.15) is 28.9 Å². The normalized spacial score (nSPS) is 11.8. The molecule has 6 heteroatoms. The summed E-state index contributed by atoms with van der Waals surface area (Å²) in [4.78, 5) is 23.8. The van der Waals surface area contributed by atoms with Gasteiger partial charge in [0.15, 0.2) is 6.61 Å². The fraction of sp³-hybridized carbons (Fsp3) is 0.143. The number of rotatable bonds is 5. The molecule has 138 valence electrons. The molecule has 3 aromatic rings. The highest BCUT2D eigenvalue weighted by Gasteiger charge is 2.16. The van der Waals surface area contributed by atoms with Crippen molar-refractivity contribution in [2.75, 3.05) is 6.61 Å². The number of amides is 1. The Morgan fingerprint density at radius 1 is 1.00 bits per heavy atom. The first-order valence-electron chi connectivity index (χ1n) is 8.34.